The average Bonchev–Trinajstić information content (AvgIpc) is 2.23. The summed E-state index contributed by atoms with van der Waals surface area (Å²) in [7, 11) is 0. The molecule has 0 spiro atoms. The molecule has 2 aromatic rings. The third-order valence-electron chi connectivity index (χ3n) is 2.06. The smallest absolute Gasteiger partial charge is 0.354 e. The third-order valence-corrected chi connectivity index (χ3v) is 2.06. The fraction of sp³-hybridized carbons (Fsp3) is 0. The summed E-state index contributed by atoms with van der Waals surface area (Å²) < 4.78 is 13.3. The zero-order valence-electron chi connectivity index (χ0n) is 7.57. The number of pyridine rings is 1. The third kappa shape index (κ3) is 1.48. The first-order valence-electron chi connectivity index (χ1n) is 4.17. The molecule has 1 aromatic carbocycles. The number of carboxylic acid groups (broad SMARTS) is 1. The van der Waals surface area contributed by atoms with Crippen LogP contribution in [0.4, 0.5) is 10.1 Å². The van der Waals surface area contributed by atoms with Gasteiger partial charge in [0.1, 0.15) is 17.0 Å². The van der Waals surface area contributed by atoms with Crippen molar-refractivity contribution in [1.29, 1.82) is 0 Å². The lowest BCUT2D eigenvalue weighted by Gasteiger charge is -2.03. The lowest BCUT2D eigenvalue weighted by Crippen LogP contribution is -2.01. The summed E-state index contributed by atoms with van der Waals surface area (Å²) in [5.41, 5.74) is 5.75. The Hall–Kier alpha value is -2.17. The van der Waals surface area contributed by atoms with E-state index >= 15 is 0 Å². The van der Waals surface area contributed by atoms with Gasteiger partial charge in [-0.15, -0.1) is 0 Å². The lowest BCUT2D eigenvalue weighted by atomic mass is 10.1. The van der Waals surface area contributed by atoms with E-state index < -0.39 is 11.8 Å². The second-order valence-electron chi connectivity index (χ2n) is 3.03. The van der Waals surface area contributed by atoms with Crippen molar-refractivity contribution >= 4 is 22.6 Å². The highest BCUT2D eigenvalue weighted by molar-refractivity contribution is 5.94. The van der Waals surface area contributed by atoms with Crippen molar-refractivity contribution in [3.8, 4) is 0 Å². The maximum Gasteiger partial charge on any atom is 0.354 e. The van der Waals surface area contributed by atoms with E-state index in [9.17, 15) is 9.18 Å². The standard InChI is InChI=1S/C10H7FN2O2/c11-6-2-3-7(12)5-1-4-8(10(14)15)13-9(5)6/h1-4H,12H2,(H,14,15). The first-order chi connectivity index (χ1) is 7.09. The van der Waals surface area contributed by atoms with Gasteiger partial charge < -0.3 is 10.8 Å². The maximum absolute atomic E-state index is 13.3. The van der Waals surface area contributed by atoms with Gasteiger partial charge in [-0.25, -0.2) is 14.2 Å². The molecule has 15 heavy (non-hydrogen) atoms. The van der Waals surface area contributed by atoms with E-state index in [-0.39, 0.29) is 11.2 Å². The van der Waals surface area contributed by atoms with Crippen LogP contribution in [0.15, 0.2) is 24.3 Å². The number of hydrogen-bond donors (Lipinski definition) is 2. The Kier molecular flexibility index (Phi) is 2.00. The van der Waals surface area contributed by atoms with Crippen molar-refractivity contribution in [2.24, 2.45) is 0 Å². The zero-order chi connectivity index (χ0) is 11.0. The molecule has 1 aromatic heterocycles. The number of aromatic nitrogens is 1. The van der Waals surface area contributed by atoms with Gasteiger partial charge in [-0.05, 0) is 24.3 Å². The number of rotatable bonds is 1. The van der Waals surface area contributed by atoms with E-state index in [4.69, 9.17) is 10.8 Å². The van der Waals surface area contributed by atoms with Crippen LogP contribution in [0.25, 0.3) is 10.9 Å². The molecule has 5 heteroatoms. The highest BCUT2D eigenvalue weighted by Gasteiger charge is 2.09. The van der Waals surface area contributed by atoms with Gasteiger partial charge in [-0.1, -0.05) is 0 Å². The number of fused-ring (bicyclic) bond motifs is 1. The second-order valence-corrected chi connectivity index (χ2v) is 3.03. The number of halogens is 1. The largest absolute Gasteiger partial charge is 0.477 e. The van der Waals surface area contributed by atoms with Crippen LogP contribution >= 0.6 is 0 Å². The van der Waals surface area contributed by atoms with Gasteiger partial charge in [0.15, 0.2) is 0 Å². The zero-order valence-corrected chi connectivity index (χ0v) is 7.57. The summed E-state index contributed by atoms with van der Waals surface area (Å²) in [4.78, 5) is 14.3. The summed E-state index contributed by atoms with van der Waals surface area (Å²) in [5, 5.41) is 9.10. The number of nitrogens with zero attached hydrogens (tertiary/aromatic N) is 1. The Balaban J connectivity index is 2.81. The highest BCUT2D eigenvalue weighted by atomic mass is 19.1. The Morgan fingerprint density at radius 3 is 2.73 bits per heavy atom. The molecule has 2 rings (SSSR count). The molecule has 3 N–H and O–H groups in total. The van der Waals surface area contributed by atoms with Crippen molar-refractivity contribution in [3.05, 3.63) is 35.8 Å². The molecule has 0 atom stereocenters. The van der Waals surface area contributed by atoms with Gasteiger partial charge in [0, 0.05) is 11.1 Å². The van der Waals surface area contributed by atoms with E-state index in [0.717, 1.165) is 6.07 Å². The SMILES string of the molecule is Nc1ccc(F)c2nc(C(=O)O)ccc12. The number of nitrogens with two attached hydrogens (primary N) is 1. The summed E-state index contributed by atoms with van der Waals surface area (Å²) in [6.07, 6.45) is 0. The summed E-state index contributed by atoms with van der Waals surface area (Å²) in [6.45, 7) is 0. The average molecular weight is 206 g/mol. The number of aromatic carboxylic acids is 1. The minimum atomic E-state index is -1.20. The van der Waals surface area contributed by atoms with Gasteiger partial charge in [0.2, 0.25) is 0 Å². The monoisotopic (exact) mass is 206 g/mol. The molecular weight excluding hydrogens is 199 g/mol. The minimum Gasteiger partial charge on any atom is -0.477 e. The predicted molar refractivity (Wildman–Crippen MR) is 53.1 cm³/mol. The van der Waals surface area contributed by atoms with E-state index in [1.165, 1.54) is 18.2 Å². The number of nitrogen functional groups attached to an aromatic ring is 1. The Morgan fingerprint density at radius 2 is 2.07 bits per heavy atom. The van der Waals surface area contributed by atoms with Crippen LogP contribution in [0, 0.1) is 5.82 Å². The minimum absolute atomic E-state index is 0.0186. The quantitative estimate of drug-likeness (QED) is 0.695. The number of benzene rings is 1. The van der Waals surface area contributed by atoms with Crippen LogP contribution in [0.3, 0.4) is 0 Å². The Labute approximate surface area is 84.2 Å². The van der Waals surface area contributed by atoms with Gasteiger partial charge in [-0.3, -0.25) is 0 Å². The number of carbonyl (C=O) groups is 1. The van der Waals surface area contributed by atoms with E-state index in [1.807, 2.05) is 0 Å². The molecule has 0 saturated carbocycles. The lowest BCUT2D eigenvalue weighted by molar-refractivity contribution is 0.0691. The summed E-state index contributed by atoms with van der Waals surface area (Å²) in [6, 6.07) is 5.32. The molecule has 76 valence electrons. The Morgan fingerprint density at radius 1 is 1.33 bits per heavy atom. The molecule has 0 bridgehead atoms. The molecule has 0 unspecified atom stereocenters. The van der Waals surface area contributed by atoms with E-state index in [0.29, 0.717) is 11.1 Å². The van der Waals surface area contributed by atoms with E-state index in [2.05, 4.69) is 4.98 Å². The molecular formula is C10H7FN2O2. The fourth-order valence-corrected chi connectivity index (χ4v) is 1.32. The van der Waals surface area contributed by atoms with Gasteiger partial charge in [0.25, 0.3) is 0 Å². The molecule has 0 amide bonds. The maximum atomic E-state index is 13.3. The first-order valence-corrected chi connectivity index (χ1v) is 4.17. The molecule has 0 fully saturated rings. The molecule has 1 heterocycles. The van der Waals surface area contributed by atoms with Crippen molar-refractivity contribution in [2.45, 2.75) is 0 Å². The molecule has 0 aliphatic heterocycles. The van der Waals surface area contributed by atoms with Crippen molar-refractivity contribution < 1.29 is 14.3 Å². The van der Waals surface area contributed by atoms with E-state index in [1.54, 1.807) is 0 Å². The first kappa shape index (κ1) is 9.39. The predicted octanol–water partition coefficient (Wildman–Crippen LogP) is 1.65. The second kappa shape index (κ2) is 3.20. The highest BCUT2D eigenvalue weighted by Crippen LogP contribution is 2.22. The van der Waals surface area contributed by atoms with Crippen LogP contribution in [0.2, 0.25) is 0 Å². The number of carboxylic acids is 1. The molecule has 0 saturated heterocycles. The summed E-state index contributed by atoms with van der Waals surface area (Å²) >= 11 is 0. The Bertz CT molecular complexity index is 554. The van der Waals surface area contributed by atoms with Crippen molar-refractivity contribution in [1.82, 2.24) is 4.98 Å². The van der Waals surface area contributed by atoms with Gasteiger partial charge in [-0.2, -0.15) is 0 Å². The molecule has 0 radical (unpaired) electrons. The van der Waals surface area contributed by atoms with Gasteiger partial charge in [0.05, 0.1) is 0 Å². The van der Waals surface area contributed by atoms with Crippen LogP contribution in [-0.2, 0) is 0 Å². The van der Waals surface area contributed by atoms with Crippen molar-refractivity contribution in [2.75, 3.05) is 5.73 Å². The molecule has 0 aliphatic carbocycles. The fourth-order valence-electron chi connectivity index (χ4n) is 1.32. The normalized spacial score (nSPS) is 10.5. The van der Waals surface area contributed by atoms with Crippen LogP contribution < -0.4 is 5.73 Å². The molecule has 4 nitrogen and oxygen atoms in total. The molecule has 0 aliphatic rings. The van der Waals surface area contributed by atoms with Crippen LogP contribution in [0.1, 0.15) is 10.5 Å². The van der Waals surface area contributed by atoms with Crippen LogP contribution in [0.5, 0.6) is 0 Å². The van der Waals surface area contributed by atoms with Gasteiger partial charge >= 0.3 is 5.97 Å². The number of hydrogen-bond acceptors (Lipinski definition) is 3. The summed E-state index contributed by atoms with van der Waals surface area (Å²) in [5.74, 6) is -1.78. The number of anilines is 1. The topological polar surface area (TPSA) is 76.2 Å². The van der Waals surface area contributed by atoms with Crippen molar-refractivity contribution in [3.63, 3.8) is 0 Å². The van der Waals surface area contributed by atoms with Crippen LogP contribution in [-0.4, -0.2) is 16.1 Å².